The fraction of sp³-hybridized carbons (Fsp3) is 0.645. The van der Waals surface area contributed by atoms with Crippen LogP contribution in [0.25, 0.3) is 0 Å². The van der Waals surface area contributed by atoms with Crippen LogP contribution in [0, 0.1) is 26.1 Å². The maximum atomic E-state index is 11.4. The zero-order chi connectivity index (χ0) is 35.0. The molecule has 0 amide bonds. The standard InChI is InChI=1S/C15H19ClO3.C10H16N2O8.3C2H6/c16-12-4-2-5-14(9-12)19-10-13(17)8-7-11-3-1-6-15(11)18;1-2-3-4-5-6-10(13)20-9(7-18-11(14)15)8-19-12(16)17;3*1-2/h2,4-5,7-9,11,13,15,17-18H,1,3,6,10H2;2-3,9H,4-8H2,1H3;3*1-2H3/b8-7+;;;;/t11?,13-,15-;;;;/m1..../s1. The first kappa shape index (κ1) is 46.0. The molecule has 0 radical (unpaired) electrons. The summed E-state index contributed by atoms with van der Waals surface area (Å²) in [5.74, 6) is 0.181. The molecular formula is C31H53ClN2O11. The molecule has 1 aliphatic carbocycles. The number of aliphatic hydroxyl groups excluding tert-OH is 2. The number of nitrogens with zero attached hydrogens (tertiary/aromatic N) is 2. The van der Waals surface area contributed by atoms with E-state index in [0.717, 1.165) is 19.3 Å². The normalized spacial score (nSPS) is 15.5. The van der Waals surface area contributed by atoms with Crippen LogP contribution >= 0.6 is 11.6 Å². The lowest BCUT2D eigenvalue weighted by atomic mass is 10.1. The summed E-state index contributed by atoms with van der Waals surface area (Å²) in [6, 6.07) is 7.07. The van der Waals surface area contributed by atoms with Crippen molar-refractivity contribution >= 4 is 17.6 Å². The maximum absolute atomic E-state index is 11.4. The molecule has 260 valence electrons. The van der Waals surface area contributed by atoms with Gasteiger partial charge in [-0.1, -0.05) is 89.9 Å². The van der Waals surface area contributed by atoms with E-state index in [9.17, 15) is 35.2 Å². The van der Waals surface area contributed by atoms with Crippen LogP contribution in [0.4, 0.5) is 0 Å². The molecule has 0 saturated heterocycles. The molecular weight excluding hydrogens is 612 g/mol. The number of allylic oxidation sites excluding steroid dienone is 2. The first-order valence-corrected chi connectivity index (χ1v) is 15.8. The Morgan fingerprint density at radius 1 is 1.04 bits per heavy atom. The van der Waals surface area contributed by atoms with Crippen molar-refractivity contribution in [1.29, 1.82) is 0 Å². The number of ether oxygens (including phenoxy) is 2. The summed E-state index contributed by atoms with van der Waals surface area (Å²) in [6.45, 7) is 12.8. The lowest BCUT2D eigenvalue weighted by molar-refractivity contribution is -0.768. The Morgan fingerprint density at radius 2 is 1.64 bits per heavy atom. The van der Waals surface area contributed by atoms with E-state index in [-0.39, 0.29) is 25.0 Å². The van der Waals surface area contributed by atoms with Crippen LogP contribution in [0.5, 0.6) is 5.75 Å². The van der Waals surface area contributed by atoms with Crippen molar-refractivity contribution in [3.63, 3.8) is 0 Å². The number of halogens is 1. The van der Waals surface area contributed by atoms with E-state index in [1.165, 1.54) is 0 Å². The van der Waals surface area contributed by atoms with Crippen LogP contribution in [-0.2, 0) is 19.2 Å². The second-order valence-corrected chi connectivity index (χ2v) is 8.93. The first-order chi connectivity index (χ1) is 21.6. The lowest BCUT2D eigenvalue weighted by Gasteiger charge is -2.15. The summed E-state index contributed by atoms with van der Waals surface area (Å²) in [5.41, 5.74) is 0. The fourth-order valence-corrected chi connectivity index (χ4v) is 3.62. The lowest BCUT2D eigenvalue weighted by Crippen LogP contribution is -2.30. The molecule has 1 fully saturated rings. The summed E-state index contributed by atoms with van der Waals surface area (Å²) >= 11 is 5.84. The number of hydrogen-bond donors (Lipinski definition) is 2. The van der Waals surface area contributed by atoms with Gasteiger partial charge in [0.05, 0.1) is 6.10 Å². The summed E-state index contributed by atoms with van der Waals surface area (Å²) in [4.78, 5) is 39.5. The summed E-state index contributed by atoms with van der Waals surface area (Å²) in [7, 11) is 0. The number of carbonyl (C=O) groups is 1. The van der Waals surface area contributed by atoms with Crippen LogP contribution < -0.4 is 4.74 Å². The average molecular weight is 665 g/mol. The van der Waals surface area contributed by atoms with Crippen LogP contribution in [0.1, 0.15) is 87.0 Å². The second kappa shape index (κ2) is 32.0. The molecule has 14 heteroatoms. The summed E-state index contributed by atoms with van der Waals surface area (Å²) in [5, 5.41) is 38.0. The van der Waals surface area contributed by atoms with Crippen molar-refractivity contribution in [3.05, 3.63) is 73.8 Å². The largest absolute Gasteiger partial charge is 0.491 e. The Hall–Kier alpha value is -3.42. The zero-order valence-corrected chi connectivity index (χ0v) is 28.4. The molecule has 0 aromatic heterocycles. The van der Waals surface area contributed by atoms with E-state index in [4.69, 9.17) is 21.1 Å². The molecule has 0 heterocycles. The van der Waals surface area contributed by atoms with Crippen LogP contribution in [0.15, 0.2) is 48.6 Å². The molecule has 2 rings (SSSR count). The van der Waals surface area contributed by atoms with Crippen molar-refractivity contribution in [1.82, 2.24) is 0 Å². The third-order valence-corrected chi connectivity index (χ3v) is 5.58. The van der Waals surface area contributed by atoms with Gasteiger partial charge in [-0.25, -0.2) is 0 Å². The Morgan fingerprint density at radius 3 is 2.13 bits per heavy atom. The van der Waals surface area contributed by atoms with E-state index in [1.54, 1.807) is 30.3 Å². The van der Waals surface area contributed by atoms with Crippen molar-refractivity contribution in [2.75, 3.05) is 19.8 Å². The minimum Gasteiger partial charge on any atom is -0.491 e. The minimum atomic E-state index is -1.21. The van der Waals surface area contributed by atoms with Crippen molar-refractivity contribution < 1.29 is 44.3 Å². The Labute approximate surface area is 272 Å². The smallest absolute Gasteiger partial charge is 0.306 e. The second-order valence-electron chi connectivity index (χ2n) is 8.49. The molecule has 1 aliphatic rings. The first-order valence-electron chi connectivity index (χ1n) is 15.4. The van der Waals surface area contributed by atoms with Gasteiger partial charge >= 0.3 is 5.97 Å². The molecule has 13 nitrogen and oxygen atoms in total. The molecule has 45 heavy (non-hydrogen) atoms. The van der Waals surface area contributed by atoms with E-state index < -0.39 is 41.6 Å². The number of aliphatic hydroxyl groups is 2. The minimum absolute atomic E-state index is 0.0950. The molecule has 2 N–H and O–H groups in total. The van der Waals surface area contributed by atoms with E-state index in [1.807, 2.05) is 66.7 Å². The van der Waals surface area contributed by atoms with Gasteiger partial charge in [-0.05, 0) is 50.8 Å². The predicted molar refractivity (Wildman–Crippen MR) is 174 cm³/mol. The van der Waals surface area contributed by atoms with Gasteiger partial charge in [-0.2, -0.15) is 0 Å². The van der Waals surface area contributed by atoms with Gasteiger partial charge in [0.1, 0.15) is 37.8 Å². The highest BCUT2D eigenvalue weighted by Crippen LogP contribution is 2.26. The Kier molecular flexibility index (Phi) is 32.7. The molecule has 3 atom stereocenters. The number of unbranched alkanes of at least 4 members (excludes halogenated alkanes) is 1. The highest BCUT2D eigenvalue weighted by atomic mass is 35.5. The van der Waals surface area contributed by atoms with Gasteiger partial charge < -0.3 is 29.4 Å². The Bertz CT molecular complexity index is 930. The molecule has 1 aromatic carbocycles. The van der Waals surface area contributed by atoms with Gasteiger partial charge in [-0.3, -0.25) is 4.79 Å². The molecule has 1 aromatic rings. The summed E-state index contributed by atoms with van der Waals surface area (Å²) in [6.07, 6.45) is 9.36. The molecule has 0 bridgehead atoms. The van der Waals surface area contributed by atoms with Gasteiger partial charge in [0, 0.05) is 17.4 Å². The predicted octanol–water partition coefficient (Wildman–Crippen LogP) is 6.94. The quantitative estimate of drug-likeness (QED) is 0.0614. The monoisotopic (exact) mass is 664 g/mol. The van der Waals surface area contributed by atoms with E-state index in [2.05, 4.69) is 9.68 Å². The highest BCUT2D eigenvalue weighted by Gasteiger charge is 2.22. The number of benzene rings is 1. The highest BCUT2D eigenvalue weighted by molar-refractivity contribution is 6.30. The number of rotatable bonds is 16. The van der Waals surface area contributed by atoms with Crippen LogP contribution in [0.3, 0.4) is 0 Å². The molecule has 1 unspecified atom stereocenters. The zero-order valence-electron chi connectivity index (χ0n) is 27.6. The fourth-order valence-electron chi connectivity index (χ4n) is 3.44. The number of hydrogen-bond acceptors (Lipinski definition) is 11. The third kappa shape index (κ3) is 27.8. The Balaban J connectivity index is -0.000000672. The average Bonchev–Trinajstić information content (AvgIpc) is 3.46. The van der Waals surface area contributed by atoms with E-state index in [0.29, 0.717) is 23.6 Å². The van der Waals surface area contributed by atoms with Crippen LogP contribution in [0.2, 0.25) is 5.02 Å². The van der Waals surface area contributed by atoms with E-state index >= 15 is 0 Å². The van der Waals surface area contributed by atoms with Gasteiger partial charge in [-0.15, -0.1) is 20.2 Å². The van der Waals surface area contributed by atoms with Crippen molar-refractivity contribution in [2.24, 2.45) is 5.92 Å². The van der Waals surface area contributed by atoms with Crippen LogP contribution in [-0.4, -0.2) is 64.5 Å². The van der Waals surface area contributed by atoms with Gasteiger partial charge in [0.2, 0.25) is 0 Å². The van der Waals surface area contributed by atoms with Crippen molar-refractivity contribution in [3.8, 4) is 5.75 Å². The topological polar surface area (TPSA) is 181 Å². The third-order valence-electron chi connectivity index (χ3n) is 5.35. The maximum Gasteiger partial charge on any atom is 0.306 e. The van der Waals surface area contributed by atoms with Crippen molar-refractivity contribution in [2.45, 2.75) is 105 Å². The number of carbonyl (C=O) groups excluding carboxylic acids is 1. The van der Waals surface area contributed by atoms with Gasteiger partial charge in [0.15, 0.2) is 0 Å². The number of esters is 1. The summed E-state index contributed by atoms with van der Waals surface area (Å²) < 4.78 is 10.3. The molecule has 0 aliphatic heterocycles. The molecule has 1 saturated carbocycles. The molecule has 0 spiro atoms. The SMILES string of the molecule is CC.CC.CC.CC=CCCCC(=O)OC(CO[N+](=O)[O-])CO[N+](=O)[O-].O[C@H](/C=C/C1CCC[C@H]1O)COc1cccc(Cl)c1. The van der Waals surface area contributed by atoms with Gasteiger partial charge in [0.25, 0.3) is 10.2 Å².